The molecule has 5 N–H and O–H groups in total. The molecule has 2 atom stereocenters. The number of rotatable bonds is 5. The predicted molar refractivity (Wildman–Crippen MR) is 92.4 cm³/mol. The van der Waals surface area contributed by atoms with E-state index in [1.807, 2.05) is 0 Å². The van der Waals surface area contributed by atoms with Gasteiger partial charge in [0.05, 0.1) is 10.7 Å². The molecule has 2 aliphatic carbocycles. The largest absolute Gasteiger partial charge is 0.385 e. The summed E-state index contributed by atoms with van der Waals surface area (Å²) in [6, 6.07) is 3.93. The van der Waals surface area contributed by atoms with Gasteiger partial charge in [-0.05, 0) is 49.3 Å². The average Bonchev–Trinajstić information content (AvgIpc) is 3.16. The molecule has 1 amide bonds. The van der Waals surface area contributed by atoms with Crippen LogP contribution >= 0.6 is 11.6 Å². The molecule has 3 rings (SSSR count). The Bertz CT molecular complexity index is 723. The van der Waals surface area contributed by atoms with Gasteiger partial charge in [-0.2, -0.15) is 0 Å². The van der Waals surface area contributed by atoms with Crippen LogP contribution in [0.1, 0.15) is 19.3 Å². The monoisotopic (exact) mass is 350 g/mol. The van der Waals surface area contributed by atoms with E-state index in [1.165, 1.54) is 24.6 Å². The molecule has 7 heteroatoms. The van der Waals surface area contributed by atoms with Crippen LogP contribution in [-0.4, -0.2) is 18.7 Å². The van der Waals surface area contributed by atoms with E-state index in [4.69, 9.17) is 22.7 Å². The maximum absolute atomic E-state index is 13.2. The lowest BCUT2D eigenvalue weighted by atomic mass is 9.91. The van der Waals surface area contributed by atoms with Crippen molar-refractivity contribution in [3.63, 3.8) is 0 Å². The van der Waals surface area contributed by atoms with E-state index in [-0.39, 0.29) is 28.0 Å². The Labute approximate surface area is 144 Å². The summed E-state index contributed by atoms with van der Waals surface area (Å²) in [5.74, 6) is 0.579. The lowest BCUT2D eigenvalue weighted by Crippen LogP contribution is -2.32. The van der Waals surface area contributed by atoms with Crippen LogP contribution in [0.4, 0.5) is 10.1 Å². The summed E-state index contributed by atoms with van der Waals surface area (Å²) < 4.78 is 13.2. The Hall–Kier alpha value is -2.08. The standard InChI is InChI=1S/C17H20ClFN4O/c1-22-16(21)14(15(20)10-5-8-4-9(8)6-10)17(24)23-11-2-3-13(19)12(18)7-11/h2-3,7-10,20,22H,4-6,21H2,1H3,(H,23,24)/b16-14+,20-15?. The molecule has 2 aliphatic rings. The summed E-state index contributed by atoms with van der Waals surface area (Å²) in [5.41, 5.74) is 6.68. The van der Waals surface area contributed by atoms with Gasteiger partial charge < -0.3 is 21.8 Å². The number of fused-ring (bicyclic) bond motifs is 1. The van der Waals surface area contributed by atoms with Gasteiger partial charge in [0, 0.05) is 18.7 Å². The summed E-state index contributed by atoms with van der Waals surface area (Å²) in [6.45, 7) is 0. The molecule has 128 valence electrons. The van der Waals surface area contributed by atoms with E-state index in [0.717, 1.165) is 12.8 Å². The number of benzene rings is 1. The SMILES string of the molecule is CN/C(N)=C(\C(=N)C1CC2CC2C1)C(=O)Nc1ccc(F)c(Cl)c1. The lowest BCUT2D eigenvalue weighted by molar-refractivity contribution is -0.112. The fraction of sp³-hybridized carbons (Fsp3) is 0.412. The summed E-state index contributed by atoms with van der Waals surface area (Å²) >= 11 is 5.74. The summed E-state index contributed by atoms with van der Waals surface area (Å²) in [6.07, 6.45) is 3.13. The molecule has 0 saturated heterocycles. The van der Waals surface area contributed by atoms with Crippen molar-refractivity contribution in [2.45, 2.75) is 19.3 Å². The van der Waals surface area contributed by atoms with Crippen LogP contribution in [0, 0.1) is 29.0 Å². The smallest absolute Gasteiger partial charge is 0.261 e. The van der Waals surface area contributed by atoms with Gasteiger partial charge >= 0.3 is 0 Å². The molecule has 2 unspecified atom stereocenters. The minimum Gasteiger partial charge on any atom is -0.385 e. The first kappa shape index (κ1) is 16.8. The molecule has 2 fully saturated rings. The van der Waals surface area contributed by atoms with Gasteiger partial charge in [0.2, 0.25) is 0 Å². The van der Waals surface area contributed by atoms with E-state index in [1.54, 1.807) is 7.05 Å². The number of nitrogens with two attached hydrogens (primary N) is 1. The van der Waals surface area contributed by atoms with E-state index in [2.05, 4.69) is 10.6 Å². The summed E-state index contributed by atoms with van der Waals surface area (Å²) in [7, 11) is 1.61. The van der Waals surface area contributed by atoms with Crippen molar-refractivity contribution in [3.8, 4) is 0 Å². The Balaban J connectivity index is 1.79. The molecule has 1 aromatic carbocycles. The molecular weight excluding hydrogens is 331 g/mol. The highest BCUT2D eigenvalue weighted by molar-refractivity contribution is 6.31. The molecule has 0 bridgehead atoms. The van der Waals surface area contributed by atoms with Gasteiger partial charge in [0.1, 0.15) is 17.2 Å². The first-order valence-corrected chi connectivity index (χ1v) is 8.31. The fourth-order valence-electron chi connectivity index (χ4n) is 3.44. The predicted octanol–water partition coefficient (Wildman–Crippen LogP) is 2.87. The third-order valence-electron chi connectivity index (χ3n) is 4.86. The highest BCUT2D eigenvalue weighted by atomic mass is 35.5. The number of amides is 1. The number of nitrogens with one attached hydrogen (secondary N) is 3. The van der Waals surface area contributed by atoms with Crippen LogP contribution in [0.3, 0.4) is 0 Å². The molecule has 0 heterocycles. The molecule has 0 radical (unpaired) electrons. The van der Waals surface area contributed by atoms with Crippen molar-refractivity contribution in [3.05, 3.63) is 40.4 Å². The van der Waals surface area contributed by atoms with E-state index in [0.29, 0.717) is 17.5 Å². The van der Waals surface area contributed by atoms with E-state index in [9.17, 15) is 9.18 Å². The molecule has 1 aromatic rings. The third-order valence-corrected chi connectivity index (χ3v) is 5.15. The van der Waals surface area contributed by atoms with Crippen molar-refractivity contribution < 1.29 is 9.18 Å². The minimum absolute atomic E-state index is 0.0678. The zero-order valence-corrected chi connectivity index (χ0v) is 14.1. The molecule has 2 saturated carbocycles. The highest BCUT2D eigenvalue weighted by Gasteiger charge is 2.47. The van der Waals surface area contributed by atoms with Crippen LogP contribution in [0.15, 0.2) is 29.6 Å². The number of halogens is 2. The number of hydrogen-bond donors (Lipinski definition) is 4. The molecule has 5 nitrogen and oxygen atoms in total. The normalized spacial score (nSPS) is 25.5. The van der Waals surface area contributed by atoms with Gasteiger partial charge in [-0.1, -0.05) is 11.6 Å². The quantitative estimate of drug-likeness (QED) is 0.486. The van der Waals surface area contributed by atoms with Crippen molar-refractivity contribution >= 4 is 28.9 Å². The van der Waals surface area contributed by atoms with Gasteiger partial charge in [-0.25, -0.2) is 4.39 Å². The van der Waals surface area contributed by atoms with Crippen LogP contribution in [0.25, 0.3) is 0 Å². The Morgan fingerprint density at radius 2 is 2.00 bits per heavy atom. The Morgan fingerprint density at radius 3 is 2.58 bits per heavy atom. The summed E-state index contributed by atoms with van der Waals surface area (Å²) in [4.78, 5) is 12.6. The topological polar surface area (TPSA) is 91.0 Å². The van der Waals surface area contributed by atoms with Gasteiger partial charge in [-0.15, -0.1) is 0 Å². The minimum atomic E-state index is -0.557. The first-order valence-electron chi connectivity index (χ1n) is 7.93. The van der Waals surface area contributed by atoms with Crippen molar-refractivity contribution in [1.82, 2.24) is 5.32 Å². The van der Waals surface area contributed by atoms with E-state index >= 15 is 0 Å². The second-order valence-corrected chi connectivity index (χ2v) is 6.87. The second kappa shape index (κ2) is 6.43. The van der Waals surface area contributed by atoms with Crippen LogP contribution < -0.4 is 16.4 Å². The molecule has 0 aliphatic heterocycles. The number of carbonyl (C=O) groups is 1. The average molecular weight is 351 g/mol. The van der Waals surface area contributed by atoms with Crippen molar-refractivity contribution in [1.29, 1.82) is 5.41 Å². The number of hydrogen-bond acceptors (Lipinski definition) is 4. The second-order valence-electron chi connectivity index (χ2n) is 6.46. The Kier molecular flexibility index (Phi) is 4.49. The van der Waals surface area contributed by atoms with Crippen LogP contribution in [0.5, 0.6) is 0 Å². The fourth-order valence-corrected chi connectivity index (χ4v) is 3.62. The van der Waals surface area contributed by atoms with Crippen molar-refractivity contribution in [2.75, 3.05) is 12.4 Å². The number of carbonyl (C=O) groups excluding carboxylic acids is 1. The van der Waals surface area contributed by atoms with Gasteiger partial charge in [0.25, 0.3) is 5.91 Å². The Morgan fingerprint density at radius 1 is 1.33 bits per heavy atom. The molecule has 24 heavy (non-hydrogen) atoms. The maximum atomic E-state index is 13.2. The van der Waals surface area contributed by atoms with Gasteiger partial charge in [0.15, 0.2) is 0 Å². The molecular formula is C17H20ClFN4O. The molecule has 0 spiro atoms. The van der Waals surface area contributed by atoms with Crippen LogP contribution in [-0.2, 0) is 4.79 Å². The first-order chi connectivity index (χ1) is 11.4. The maximum Gasteiger partial charge on any atom is 0.261 e. The summed E-state index contributed by atoms with van der Waals surface area (Å²) in [5, 5.41) is 13.7. The molecule has 0 aromatic heterocycles. The van der Waals surface area contributed by atoms with Crippen molar-refractivity contribution in [2.24, 2.45) is 23.5 Å². The van der Waals surface area contributed by atoms with Crippen LogP contribution in [0.2, 0.25) is 5.02 Å². The lowest BCUT2D eigenvalue weighted by Gasteiger charge is -2.18. The van der Waals surface area contributed by atoms with E-state index < -0.39 is 11.7 Å². The third kappa shape index (κ3) is 3.24. The number of anilines is 1. The van der Waals surface area contributed by atoms with Gasteiger partial charge in [-0.3, -0.25) is 4.79 Å². The zero-order chi connectivity index (χ0) is 17.4. The zero-order valence-electron chi connectivity index (χ0n) is 13.3. The highest BCUT2D eigenvalue weighted by Crippen LogP contribution is 2.55.